The van der Waals surface area contributed by atoms with Gasteiger partial charge in [0.05, 0.1) is 13.7 Å². The molecule has 4 nitrogen and oxygen atoms in total. The van der Waals surface area contributed by atoms with Crippen LogP contribution in [0.2, 0.25) is 0 Å². The van der Waals surface area contributed by atoms with Gasteiger partial charge >= 0.3 is 5.97 Å². The third-order valence-corrected chi connectivity index (χ3v) is 3.02. The summed E-state index contributed by atoms with van der Waals surface area (Å²) in [5, 5.41) is 8.63. The van der Waals surface area contributed by atoms with E-state index in [0.29, 0.717) is 18.8 Å². The molecule has 0 atom stereocenters. The summed E-state index contributed by atoms with van der Waals surface area (Å²) < 4.78 is 10.1. The van der Waals surface area contributed by atoms with Crippen LogP contribution in [0.5, 0.6) is 11.5 Å². The van der Waals surface area contributed by atoms with E-state index in [1.54, 1.807) is 24.3 Å². The largest absolute Gasteiger partial charge is 0.508 e. The lowest BCUT2D eigenvalue weighted by Crippen LogP contribution is -2.01. The van der Waals surface area contributed by atoms with Crippen LogP contribution in [-0.2, 0) is 9.53 Å². The molecule has 0 radical (unpaired) electrons. The summed E-state index contributed by atoms with van der Waals surface area (Å²) in [6, 6.07) is 18.5. The molecule has 0 saturated carbocycles. The predicted octanol–water partition coefficient (Wildman–Crippen LogP) is 5.46. The van der Waals surface area contributed by atoms with Crippen LogP contribution in [-0.4, -0.2) is 24.8 Å². The molecule has 2 aromatic rings. The van der Waals surface area contributed by atoms with Crippen molar-refractivity contribution in [3.05, 3.63) is 60.7 Å². The van der Waals surface area contributed by atoms with Crippen LogP contribution in [0.1, 0.15) is 40.5 Å². The molecule has 140 valence electrons. The first-order valence-corrected chi connectivity index (χ1v) is 7.71. The fourth-order valence-corrected chi connectivity index (χ4v) is 1.78. The van der Waals surface area contributed by atoms with Gasteiger partial charge in [-0.05, 0) is 43.5 Å². The van der Waals surface area contributed by atoms with Crippen molar-refractivity contribution >= 4 is 5.97 Å². The highest BCUT2D eigenvalue weighted by Crippen LogP contribution is 2.09. The maximum absolute atomic E-state index is 10.8. The highest BCUT2D eigenvalue weighted by atomic mass is 16.5. The van der Waals surface area contributed by atoms with Crippen molar-refractivity contribution in [2.75, 3.05) is 13.7 Å². The second-order valence-corrected chi connectivity index (χ2v) is 4.88. The number of para-hydroxylation sites is 2. The van der Waals surface area contributed by atoms with Crippen molar-refractivity contribution in [2.24, 2.45) is 0 Å². The fourth-order valence-electron chi connectivity index (χ4n) is 1.78. The van der Waals surface area contributed by atoms with Crippen molar-refractivity contribution in [2.45, 2.75) is 40.5 Å². The van der Waals surface area contributed by atoms with Crippen molar-refractivity contribution < 1.29 is 19.4 Å². The molecule has 0 spiro atoms. The highest BCUT2D eigenvalue weighted by molar-refractivity contribution is 5.68. The Labute approximate surface area is 152 Å². The van der Waals surface area contributed by atoms with Crippen LogP contribution in [0.4, 0.5) is 0 Å². The van der Waals surface area contributed by atoms with Gasteiger partial charge in [-0.2, -0.15) is 0 Å². The van der Waals surface area contributed by atoms with E-state index in [-0.39, 0.29) is 20.8 Å². The topological polar surface area (TPSA) is 55.8 Å². The normalized spacial score (nSPS) is 8.68. The Morgan fingerprint density at radius 1 is 0.880 bits per heavy atom. The number of aromatic hydroxyl groups is 1. The number of esters is 1. The van der Waals surface area contributed by atoms with Crippen molar-refractivity contribution in [1.82, 2.24) is 0 Å². The second-order valence-electron chi connectivity index (χ2n) is 4.88. The van der Waals surface area contributed by atoms with E-state index in [1.807, 2.05) is 36.4 Å². The average molecular weight is 348 g/mol. The van der Waals surface area contributed by atoms with Gasteiger partial charge in [0.1, 0.15) is 11.5 Å². The number of ether oxygens (including phenoxy) is 2. The molecule has 25 heavy (non-hydrogen) atoms. The van der Waals surface area contributed by atoms with Gasteiger partial charge in [-0.3, -0.25) is 4.79 Å². The van der Waals surface area contributed by atoms with Gasteiger partial charge in [0.2, 0.25) is 0 Å². The van der Waals surface area contributed by atoms with Gasteiger partial charge in [0, 0.05) is 6.42 Å². The van der Waals surface area contributed by atoms with Crippen LogP contribution in [0.25, 0.3) is 0 Å². The Hall–Kier alpha value is -2.49. The number of carbonyl (C=O) groups is 1. The SMILES string of the molecule is C.C.COC(=O)CCCCCOc1ccccc1.Oc1ccccc1. The zero-order chi connectivity index (χ0) is 16.8. The van der Waals surface area contributed by atoms with E-state index in [4.69, 9.17) is 9.84 Å². The van der Waals surface area contributed by atoms with Crippen LogP contribution in [0.3, 0.4) is 0 Å². The zero-order valence-electron chi connectivity index (χ0n) is 13.5. The highest BCUT2D eigenvalue weighted by Gasteiger charge is 1.99. The summed E-state index contributed by atoms with van der Waals surface area (Å²) >= 11 is 0. The lowest BCUT2D eigenvalue weighted by molar-refractivity contribution is -0.140. The number of carbonyl (C=O) groups excluding carboxylic acids is 1. The Morgan fingerprint density at radius 2 is 1.44 bits per heavy atom. The third-order valence-electron chi connectivity index (χ3n) is 3.02. The molecule has 2 aromatic carbocycles. The first-order valence-electron chi connectivity index (χ1n) is 7.71. The molecular formula is C21H32O4. The van der Waals surface area contributed by atoms with Crippen LogP contribution in [0.15, 0.2) is 60.7 Å². The summed E-state index contributed by atoms with van der Waals surface area (Å²) in [4.78, 5) is 10.8. The van der Waals surface area contributed by atoms with Crippen molar-refractivity contribution in [1.29, 1.82) is 0 Å². The molecule has 2 rings (SSSR count). The Morgan fingerprint density at radius 3 is 1.92 bits per heavy atom. The van der Waals surface area contributed by atoms with Gasteiger partial charge in [0.15, 0.2) is 0 Å². The minimum atomic E-state index is -0.135. The molecule has 4 heteroatoms. The number of phenolic OH excluding ortho intramolecular Hbond substituents is 1. The second kappa shape index (κ2) is 16.4. The number of methoxy groups -OCH3 is 1. The summed E-state index contributed by atoms with van der Waals surface area (Å²) in [5.74, 6) is 1.09. The monoisotopic (exact) mass is 348 g/mol. The van der Waals surface area contributed by atoms with E-state index >= 15 is 0 Å². The number of phenols is 1. The fraction of sp³-hybridized carbons (Fsp3) is 0.381. The quantitative estimate of drug-likeness (QED) is 0.533. The maximum Gasteiger partial charge on any atom is 0.305 e. The van der Waals surface area contributed by atoms with E-state index in [0.717, 1.165) is 25.0 Å². The van der Waals surface area contributed by atoms with E-state index in [2.05, 4.69) is 4.74 Å². The summed E-state index contributed by atoms with van der Waals surface area (Å²) in [5.41, 5.74) is 0. The van der Waals surface area contributed by atoms with Crippen LogP contribution >= 0.6 is 0 Å². The van der Waals surface area contributed by atoms with Gasteiger partial charge in [0.25, 0.3) is 0 Å². The van der Waals surface area contributed by atoms with Crippen LogP contribution < -0.4 is 4.74 Å². The molecular weight excluding hydrogens is 316 g/mol. The minimum Gasteiger partial charge on any atom is -0.508 e. The Bertz CT molecular complexity index is 526. The number of unbranched alkanes of at least 4 members (excludes halogenated alkanes) is 2. The van der Waals surface area contributed by atoms with Crippen molar-refractivity contribution in [3.63, 3.8) is 0 Å². The first-order chi connectivity index (χ1) is 11.2. The predicted molar refractivity (Wildman–Crippen MR) is 104 cm³/mol. The minimum absolute atomic E-state index is 0. The molecule has 0 aromatic heterocycles. The van der Waals surface area contributed by atoms with Gasteiger partial charge in [-0.25, -0.2) is 0 Å². The van der Waals surface area contributed by atoms with Gasteiger partial charge in [-0.1, -0.05) is 51.3 Å². The standard InChI is InChI=1S/C13H18O3.C6H6O.2CH4/c1-15-13(14)10-6-3-7-11-16-12-8-4-2-5-9-12;7-6-4-2-1-3-5-6;;/h2,4-5,8-9H,3,6-7,10-11H2,1H3;1-5,7H;2*1H4. The zero-order valence-corrected chi connectivity index (χ0v) is 13.5. The van der Waals surface area contributed by atoms with Gasteiger partial charge in [-0.15, -0.1) is 0 Å². The van der Waals surface area contributed by atoms with E-state index in [9.17, 15) is 4.79 Å². The lowest BCUT2D eigenvalue weighted by atomic mass is 10.2. The molecule has 1 N–H and O–H groups in total. The molecule has 0 fully saturated rings. The molecule has 0 aliphatic carbocycles. The maximum atomic E-state index is 10.8. The number of benzene rings is 2. The number of rotatable bonds is 7. The summed E-state index contributed by atoms with van der Waals surface area (Å²) in [6.45, 7) is 0.700. The number of hydrogen-bond donors (Lipinski definition) is 1. The number of hydrogen-bond acceptors (Lipinski definition) is 4. The summed E-state index contributed by atoms with van der Waals surface area (Å²) in [7, 11) is 1.42. The molecule has 0 aliphatic heterocycles. The molecule has 0 bridgehead atoms. The lowest BCUT2D eigenvalue weighted by Gasteiger charge is -2.05. The Kier molecular flexibility index (Phi) is 16.2. The molecule has 0 saturated heterocycles. The average Bonchev–Trinajstić information content (AvgIpc) is 2.60. The van der Waals surface area contributed by atoms with Crippen molar-refractivity contribution in [3.8, 4) is 11.5 Å². The Balaban J connectivity index is 0. The molecule has 0 aliphatic rings. The third kappa shape index (κ3) is 13.6. The van der Waals surface area contributed by atoms with E-state index in [1.165, 1.54) is 7.11 Å². The molecule has 0 unspecified atom stereocenters. The smallest absolute Gasteiger partial charge is 0.305 e. The van der Waals surface area contributed by atoms with E-state index < -0.39 is 0 Å². The summed E-state index contributed by atoms with van der Waals surface area (Å²) in [6.07, 6.45) is 3.32. The first kappa shape index (κ1) is 24.8. The van der Waals surface area contributed by atoms with Gasteiger partial charge < -0.3 is 14.6 Å². The van der Waals surface area contributed by atoms with Crippen LogP contribution in [0, 0.1) is 0 Å². The molecule has 0 amide bonds. The molecule has 0 heterocycles.